The Labute approximate surface area is 127 Å². The summed E-state index contributed by atoms with van der Waals surface area (Å²) < 4.78 is 44.1. The van der Waals surface area contributed by atoms with Crippen LogP contribution in [0.2, 0.25) is 0 Å². The average Bonchev–Trinajstić information content (AvgIpc) is 2.84. The number of halogens is 1. The highest BCUT2D eigenvalue weighted by molar-refractivity contribution is 8.01. The summed E-state index contributed by atoms with van der Waals surface area (Å²) in [7, 11) is -3.10. The van der Waals surface area contributed by atoms with Gasteiger partial charge in [0, 0.05) is 36.2 Å². The number of thioether (sulfide) groups is 1. The molecule has 0 unspecified atom stereocenters. The van der Waals surface area contributed by atoms with Gasteiger partial charge in [-0.2, -0.15) is 4.31 Å². The van der Waals surface area contributed by atoms with Crippen molar-refractivity contribution >= 4 is 21.8 Å². The standard InChI is InChI=1S/C13H17FN2O3S2/c1-2-21(17,18)16-8-13(9-16)6-10(7-20-13)19-12-11(14)4-3-5-15-12/h3-5,10H,2,6-9H2,1H3/t10-/m0/s1. The highest BCUT2D eigenvalue weighted by atomic mass is 32.2. The van der Waals surface area contributed by atoms with E-state index in [1.807, 2.05) is 0 Å². The molecule has 2 saturated heterocycles. The normalized spacial score (nSPS) is 25.0. The van der Waals surface area contributed by atoms with Crippen LogP contribution >= 0.6 is 11.8 Å². The van der Waals surface area contributed by atoms with Gasteiger partial charge in [0.2, 0.25) is 10.0 Å². The Hall–Kier alpha value is -0.860. The van der Waals surface area contributed by atoms with E-state index in [1.54, 1.807) is 18.7 Å². The minimum absolute atomic E-state index is 0.0255. The maximum absolute atomic E-state index is 13.5. The molecule has 0 amide bonds. The van der Waals surface area contributed by atoms with Gasteiger partial charge in [0.05, 0.1) is 5.75 Å². The summed E-state index contributed by atoms with van der Waals surface area (Å²) in [6.45, 7) is 2.70. The van der Waals surface area contributed by atoms with E-state index in [4.69, 9.17) is 4.74 Å². The molecule has 2 aliphatic heterocycles. The van der Waals surface area contributed by atoms with Crippen LogP contribution in [0.15, 0.2) is 18.3 Å². The first-order chi connectivity index (χ1) is 9.94. The molecule has 2 aliphatic rings. The molecular formula is C13H17FN2O3S2. The molecule has 3 rings (SSSR count). The van der Waals surface area contributed by atoms with Gasteiger partial charge in [-0.05, 0) is 19.1 Å². The first kappa shape index (κ1) is 15.1. The van der Waals surface area contributed by atoms with Gasteiger partial charge < -0.3 is 4.74 Å². The average molecular weight is 332 g/mol. The lowest BCUT2D eigenvalue weighted by molar-refractivity contribution is 0.151. The van der Waals surface area contributed by atoms with Crippen molar-refractivity contribution in [1.82, 2.24) is 9.29 Å². The number of aromatic nitrogens is 1. The van der Waals surface area contributed by atoms with Crippen molar-refractivity contribution < 1.29 is 17.5 Å². The van der Waals surface area contributed by atoms with Crippen LogP contribution in [0.4, 0.5) is 4.39 Å². The smallest absolute Gasteiger partial charge is 0.250 e. The molecule has 3 heterocycles. The second-order valence-corrected chi connectivity index (χ2v) is 9.14. The van der Waals surface area contributed by atoms with Crippen LogP contribution in [0.5, 0.6) is 5.88 Å². The van der Waals surface area contributed by atoms with E-state index >= 15 is 0 Å². The van der Waals surface area contributed by atoms with Crippen LogP contribution < -0.4 is 4.74 Å². The number of rotatable bonds is 4. The summed E-state index contributed by atoms with van der Waals surface area (Å²) in [4.78, 5) is 3.89. The highest BCUT2D eigenvalue weighted by Crippen LogP contribution is 2.47. The first-order valence-corrected chi connectivity index (χ1v) is 9.42. The molecule has 0 bridgehead atoms. The molecule has 21 heavy (non-hydrogen) atoms. The van der Waals surface area contributed by atoms with Crippen LogP contribution in [0.25, 0.3) is 0 Å². The maximum Gasteiger partial charge on any atom is 0.250 e. The van der Waals surface area contributed by atoms with E-state index < -0.39 is 15.8 Å². The van der Waals surface area contributed by atoms with Crippen molar-refractivity contribution in [2.24, 2.45) is 0 Å². The molecule has 1 atom stereocenters. The molecule has 1 aromatic heterocycles. The Bertz CT molecular complexity index is 632. The number of nitrogens with zero attached hydrogens (tertiary/aromatic N) is 2. The van der Waals surface area contributed by atoms with Crippen LogP contribution in [-0.4, -0.2) is 53.2 Å². The summed E-state index contributed by atoms with van der Waals surface area (Å²) in [6.07, 6.45) is 2.10. The third-order valence-electron chi connectivity index (χ3n) is 3.87. The molecule has 0 N–H and O–H groups in total. The van der Waals surface area contributed by atoms with Gasteiger partial charge in [-0.1, -0.05) is 0 Å². The Balaban J connectivity index is 1.59. The van der Waals surface area contributed by atoms with Gasteiger partial charge in [-0.25, -0.2) is 17.8 Å². The summed E-state index contributed by atoms with van der Waals surface area (Å²) in [5, 5.41) is 0. The number of pyridine rings is 1. The predicted octanol–water partition coefficient (Wildman–Crippen LogP) is 1.51. The monoisotopic (exact) mass is 332 g/mol. The largest absolute Gasteiger partial charge is 0.471 e. The molecule has 2 fully saturated rings. The van der Waals surface area contributed by atoms with Crippen molar-refractivity contribution in [2.45, 2.75) is 24.2 Å². The number of ether oxygens (including phenoxy) is 1. The summed E-state index contributed by atoms with van der Waals surface area (Å²) in [5.41, 5.74) is 0. The molecule has 5 nitrogen and oxygen atoms in total. The molecule has 0 aromatic carbocycles. The topological polar surface area (TPSA) is 59.5 Å². The van der Waals surface area contributed by atoms with E-state index in [9.17, 15) is 12.8 Å². The third kappa shape index (κ3) is 2.89. The number of hydrogen-bond acceptors (Lipinski definition) is 5. The van der Waals surface area contributed by atoms with Crippen molar-refractivity contribution in [1.29, 1.82) is 0 Å². The van der Waals surface area contributed by atoms with E-state index in [1.165, 1.54) is 22.6 Å². The van der Waals surface area contributed by atoms with Crippen molar-refractivity contribution in [3.05, 3.63) is 24.1 Å². The first-order valence-electron chi connectivity index (χ1n) is 6.83. The SMILES string of the molecule is CCS(=O)(=O)N1CC2(C[C@H](Oc3ncccc3F)CS2)C1. The Morgan fingerprint density at radius 2 is 2.33 bits per heavy atom. The van der Waals surface area contributed by atoms with Gasteiger partial charge in [-0.3, -0.25) is 0 Å². The van der Waals surface area contributed by atoms with Gasteiger partial charge >= 0.3 is 0 Å². The maximum atomic E-state index is 13.5. The zero-order valence-electron chi connectivity index (χ0n) is 11.7. The molecule has 0 radical (unpaired) electrons. The minimum atomic E-state index is -3.10. The van der Waals surface area contributed by atoms with Gasteiger partial charge in [0.1, 0.15) is 6.10 Å². The highest BCUT2D eigenvalue weighted by Gasteiger charge is 2.53. The van der Waals surface area contributed by atoms with Crippen LogP contribution in [0.3, 0.4) is 0 Å². The number of sulfonamides is 1. The Kier molecular flexibility index (Phi) is 3.87. The third-order valence-corrected chi connectivity index (χ3v) is 7.22. The summed E-state index contributed by atoms with van der Waals surface area (Å²) >= 11 is 1.71. The van der Waals surface area contributed by atoms with Crippen molar-refractivity contribution in [2.75, 3.05) is 24.6 Å². The predicted molar refractivity (Wildman–Crippen MR) is 79.5 cm³/mol. The van der Waals surface area contributed by atoms with Gasteiger partial charge in [-0.15, -0.1) is 11.8 Å². The lowest BCUT2D eigenvalue weighted by Gasteiger charge is -2.46. The zero-order chi connectivity index (χ0) is 15.1. The van der Waals surface area contributed by atoms with E-state index in [2.05, 4.69) is 4.98 Å². The summed E-state index contributed by atoms with van der Waals surface area (Å²) in [6, 6.07) is 2.84. The molecule has 116 valence electrons. The second kappa shape index (κ2) is 5.40. The van der Waals surface area contributed by atoms with Crippen molar-refractivity contribution in [3.8, 4) is 5.88 Å². The summed E-state index contributed by atoms with van der Waals surface area (Å²) in [5.74, 6) is 0.424. The van der Waals surface area contributed by atoms with E-state index in [-0.39, 0.29) is 22.5 Å². The van der Waals surface area contributed by atoms with Gasteiger partial charge in [0.25, 0.3) is 5.88 Å². The molecule has 0 saturated carbocycles. The van der Waals surface area contributed by atoms with Crippen LogP contribution in [0.1, 0.15) is 13.3 Å². The molecule has 8 heteroatoms. The Morgan fingerprint density at radius 3 is 3.00 bits per heavy atom. The van der Waals surface area contributed by atoms with E-state index in [0.29, 0.717) is 13.1 Å². The van der Waals surface area contributed by atoms with E-state index in [0.717, 1.165) is 12.2 Å². The second-order valence-electron chi connectivity index (χ2n) is 5.40. The zero-order valence-corrected chi connectivity index (χ0v) is 13.3. The minimum Gasteiger partial charge on any atom is -0.471 e. The van der Waals surface area contributed by atoms with Crippen molar-refractivity contribution in [3.63, 3.8) is 0 Å². The fourth-order valence-electron chi connectivity index (χ4n) is 2.69. The molecule has 0 aliphatic carbocycles. The van der Waals surface area contributed by atoms with Gasteiger partial charge in [0.15, 0.2) is 5.82 Å². The lowest BCUT2D eigenvalue weighted by Crippen LogP contribution is -2.61. The molecular weight excluding hydrogens is 315 g/mol. The lowest BCUT2D eigenvalue weighted by atomic mass is 9.95. The van der Waals surface area contributed by atoms with Crippen LogP contribution in [-0.2, 0) is 10.0 Å². The van der Waals surface area contributed by atoms with Crippen LogP contribution in [0, 0.1) is 5.82 Å². The fraction of sp³-hybridized carbons (Fsp3) is 0.615. The quantitative estimate of drug-likeness (QED) is 0.836. The fourth-order valence-corrected chi connectivity index (χ4v) is 5.63. The number of hydrogen-bond donors (Lipinski definition) is 0. The molecule has 1 spiro atoms. The molecule has 1 aromatic rings. The Morgan fingerprint density at radius 1 is 1.57 bits per heavy atom.